The van der Waals surface area contributed by atoms with Crippen LogP contribution in [-0.2, 0) is 4.74 Å². The third-order valence-corrected chi connectivity index (χ3v) is 4.13. The molecule has 0 amide bonds. The van der Waals surface area contributed by atoms with E-state index in [1.807, 2.05) is 0 Å². The summed E-state index contributed by atoms with van der Waals surface area (Å²) in [5.74, 6) is 0. The summed E-state index contributed by atoms with van der Waals surface area (Å²) in [5.41, 5.74) is -0.525. The Morgan fingerprint density at radius 2 is 2.25 bits per heavy atom. The smallest absolute Gasteiger partial charge is 0.0846 e. The Morgan fingerprint density at radius 3 is 3.06 bits per heavy atom. The Labute approximate surface area is 98.6 Å². The first kappa shape index (κ1) is 12.3. The van der Waals surface area contributed by atoms with E-state index in [1.165, 1.54) is 19.3 Å². The van der Waals surface area contributed by atoms with Gasteiger partial charge >= 0.3 is 0 Å². The Morgan fingerprint density at radius 1 is 1.38 bits per heavy atom. The van der Waals surface area contributed by atoms with E-state index in [-0.39, 0.29) is 12.1 Å². The lowest BCUT2D eigenvalue weighted by Crippen LogP contribution is -2.55. The van der Waals surface area contributed by atoms with Crippen LogP contribution < -0.4 is 5.32 Å². The minimum Gasteiger partial charge on any atom is -0.388 e. The van der Waals surface area contributed by atoms with E-state index < -0.39 is 5.60 Å². The maximum Gasteiger partial charge on any atom is 0.0846 e. The highest BCUT2D eigenvalue weighted by Crippen LogP contribution is 2.32. The molecule has 3 heteroatoms. The fourth-order valence-electron chi connectivity index (χ4n) is 3.02. The molecule has 2 heterocycles. The van der Waals surface area contributed by atoms with Crippen LogP contribution in [0, 0.1) is 0 Å². The highest BCUT2D eigenvalue weighted by molar-refractivity contribution is 4.96. The molecular formula is C13H25NO2. The molecule has 2 rings (SSSR count). The molecule has 3 nitrogen and oxygen atoms in total. The Hall–Kier alpha value is -0.120. The SMILES string of the molecule is CCC1CC(O)(C2CCCCCN2)CCO1. The van der Waals surface area contributed by atoms with Crippen LogP contribution in [0.2, 0.25) is 0 Å². The molecule has 0 aromatic rings. The second kappa shape index (κ2) is 5.48. The lowest BCUT2D eigenvalue weighted by Gasteiger charge is -2.42. The van der Waals surface area contributed by atoms with Gasteiger partial charge in [0.15, 0.2) is 0 Å². The number of nitrogens with one attached hydrogen (secondary N) is 1. The Balaban J connectivity index is 1.98. The van der Waals surface area contributed by atoms with E-state index >= 15 is 0 Å². The zero-order valence-electron chi connectivity index (χ0n) is 10.4. The molecule has 2 aliphatic heterocycles. The molecule has 94 valence electrons. The molecule has 2 N–H and O–H groups in total. The largest absolute Gasteiger partial charge is 0.388 e. The van der Waals surface area contributed by atoms with Gasteiger partial charge in [-0.15, -0.1) is 0 Å². The predicted molar refractivity (Wildman–Crippen MR) is 64.5 cm³/mol. The van der Waals surface area contributed by atoms with Crippen LogP contribution in [-0.4, -0.2) is 36.0 Å². The summed E-state index contributed by atoms with van der Waals surface area (Å²) in [4.78, 5) is 0. The standard InChI is InChI=1S/C13H25NO2/c1-2-11-10-13(15,7-9-16-11)12-6-4-3-5-8-14-12/h11-12,14-15H,2-10H2,1H3. The summed E-state index contributed by atoms with van der Waals surface area (Å²) in [6.07, 6.45) is 7.78. The molecule has 3 atom stereocenters. The molecule has 0 spiro atoms. The van der Waals surface area contributed by atoms with Crippen LogP contribution in [0.1, 0.15) is 51.9 Å². The summed E-state index contributed by atoms with van der Waals surface area (Å²) >= 11 is 0. The van der Waals surface area contributed by atoms with Crippen LogP contribution >= 0.6 is 0 Å². The van der Waals surface area contributed by atoms with Crippen LogP contribution in [0.15, 0.2) is 0 Å². The molecule has 2 aliphatic rings. The van der Waals surface area contributed by atoms with Gasteiger partial charge in [0, 0.05) is 25.5 Å². The van der Waals surface area contributed by atoms with E-state index in [0.29, 0.717) is 6.61 Å². The average molecular weight is 227 g/mol. The van der Waals surface area contributed by atoms with Crippen molar-refractivity contribution in [3.05, 3.63) is 0 Å². The summed E-state index contributed by atoms with van der Waals surface area (Å²) in [7, 11) is 0. The Bertz CT molecular complexity index is 214. The molecule has 0 bridgehead atoms. The zero-order valence-corrected chi connectivity index (χ0v) is 10.4. The number of rotatable bonds is 2. The quantitative estimate of drug-likeness (QED) is 0.756. The van der Waals surface area contributed by atoms with Gasteiger partial charge in [0.05, 0.1) is 11.7 Å². The first-order valence-corrected chi connectivity index (χ1v) is 6.82. The monoisotopic (exact) mass is 227 g/mol. The third-order valence-electron chi connectivity index (χ3n) is 4.13. The van der Waals surface area contributed by atoms with E-state index in [1.54, 1.807) is 0 Å². The maximum absolute atomic E-state index is 10.8. The number of ether oxygens (including phenoxy) is 1. The van der Waals surface area contributed by atoms with E-state index in [9.17, 15) is 5.11 Å². The van der Waals surface area contributed by atoms with Crippen molar-refractivity contribution in [3.63, 3.8) is 0 Å². The van der Waals surface area contributed by atoms with Crippen molar-refractivity contribution in [2.45, 2.75) is 69.6 Å². The van der Waals surface area contributed by atoms with Gasteiger partial charge in [0.25, 0.3) is 0 Å². The first-order chi connectivity index (χ1) is 7.74. The molecule has 0 aliphatic carbocycles. The van der Waals surface area contributed by atoms with Crippen LogP contribution in [0.4, 0.5) is 0 Å². The van der Waals surface area contributed by atoms with Gasteiger partial charge < -0.3 is 15.2 Å². The lowest BCUT2D eigenvalue weighted by atomic mass is 9.81. The molecule has 0 aromatic carbocycles. The molecule has 3 unspecified atom stereocenters. The van der Waals surface area contributed by atoms with Crippen molar-refractivity contribution in [2.24, 2.45) is 0 Å². The zero-order chi connectivity index (χ0) is 11.4. The highest BCUT2D eigenvalue weighted by atomic mass is 16.5. The van der Waals surface area contributed by atoms with E-state index in [0.717, 1.165) is 32.2 Å². The molecular weight excluding hydrogens is 202 g/mol. The summed E-state index contributed by atoms with van der Waals surface area (Å²) in [5, 5.41) is 14.3. The van der Waals surface area contributed by atoms with Crippen molar-refractivity contribution in [1.82, 2.24) is 5.32 Å². The fraction of sp³-hybridized carbons (Fsp3) is 1.00. The van der Waals surface area contributed by atoms with Crippen molar-refractivity contribution in [3.8, 4) is 0 Å². The Kier molecular flexibility index (Phi) is 4.22. The predicted octanol–water partition coefficient (Wildman–Crippen LogP) is 1.84. The van der Waals surface area contributed by atoms with Gasteiger partial charge in [-0.05, 0) is 25.8 Å². The summed E-state index contributed by atoms with van der Waals surface area (Å²) in [6.45, 7) is 3.91. The van der Waals surface area contributed by atoms with Gasteiger partial charge in [0.2, 0.25) is 0 Å². The second-order valence-corrected chi connectivity index (χ2v) is 5.31. The lowest BCUT2D eigenvalue weighted by molar-refractivity contribution is -0.121. The molecule has 16 heavy (non-hydrogen) atoms. The van der Waals surface area contributed by atoms with Crippen LogP contribution in [0.3, 0.4) is 0 Å². The first-order valence-electron chi connectivity index (χ1n) is 6.82. The van der Waals surface area contributed by atoms with Crippen molar-refractivity contribution in [1.29, 1.82) is 0 Å². The van der Waals surface area contributed by atoms with Crippen molar-refractivity contribution >= 4 is 0 Å². The van der Waals surface area contributed by atoms with Crippen molar-refractivity contribution in [2.75, 3.05) is 13.2 Å². The third kappa shape index (κ3) is 2.76. The van der Waals surface area contributed by atoms with Gasteiger partial charge in [-0.2, -0.15) is 0 Å². The van der Waals surface area contributed by atoms with Crippen molar-refractivity contribution < 1.29 is 9.84 Å². The van der Waals surface area contributed by atoms with Gasteiger partial charge in [0.1, 0.15) is 0 Å². The molecule has 0 aromatic heterocycles. The van der Waals surface area contributed by atoms with Gasteiger partial charge in [-0.1, -0.05) is 19.8 Å². The number of aliphatic hydroxyl groups is 1. The normalized spacial score (nSPS) is 41.6. The average Bonchev–Trinajstić information content (AvgIpc) is 2.58. The number of hydrogen-bond acceptors (Lipinski definition) is 3. The van der Waals surface area contributed by atoms with E-state index in [4.69, 9.17) is 4.74 Å². The number of hydrogen-bond donors (Lipinski definition) is 2. The summed E-state index contributed by atoms with van der Waals surface area (Å²) < 4.78 is 5.66. The maximum atomic E-state index is 10.8. The van der Waals surface area contributed by atoms with Gasteiger partial charge in [-0.25, -0.2) is 0 Å². The molecule has 2 fully saturated rings. The minimum atomic E-state index is -0.525. The van der Waals surface area contributed by atoms with Gasteiger partial charge in [-0.3, -0.25) is 0 Å². The second-order valence-electron chi connectivity index (χ2n) is 5.31. The molecule has 0 radical (unpaired) electrons. The molecule has 2 saturated heterocycles. The topological polar surface area (TPSA) is 41.5 Å². The highest BCUT2D eigenvalue weighted by Gasteiger charge is 2.41. The minimum absolute atomic E-state index is 0.254. The van der Waals surface area contributed by atoms with Crippen LogP contribution in [0.5, 0.6) is 0 Å². The summed E-state index contributed by atoms with van der Waals surface area (Å²) in [6, 6.07) is 0.285. The fourth-order valence-corrected chi connectivity index (χ4v) is 3.02. The van der Waals surface area contributed by atoms with Crippen LogP contribution in [0.25, 0.3) is 0 Å². The molecule has 0 saturated carbocycles. The van der Waals surface area contributed by atoms with E-state index in [2.05, 4.69) is 12.2 Å².